The van der Waals surface area contributed by atoms with Crippen LogP contribution in [0, 0.1) is 0 Å². The standard InChI is InChI=1S/C18H21N3O/c22-18(19-16-7-3-1-4-8-16)15-20-11-13-21(14-12-20)17-9-5-2-6-10-17/h1-10H,11-15H2,(H,19,22)/p+1. The van der Waals surface area contributed by atoms with Gasteiger partial charge in [-0.15, -0.1) is 0 Å². The summed E-state index contributed by atoms with van der Waals surface area (Å²) in [7, 11) is 0. The first-order valence-corrected chi connectivity index (χ1v) is 7.80. The minimum absolute atomic E-state index is 0.0920. The average Bonchev–Trinajstić information content (AvgIpc) is 2.57. The van der Waals surface area contributed by atoms with Crippen LogP contribution in [0.1, 0.15) is 0 Å². The number of piperazine rings is 1. The molecule has 114 valence electrons. The van der Waals surface area contributed by atoms with Crippen LogP contribution in [0.25, 0.3) is 0 Å². The third-order valence-electron chi connectivity index (χ3n) is 4.06. The molecule has 22 heavy (non-hydrogen) atoms. The Bertz CT molecular complexity index is 592. The maximum absolute atomic E-state index is 12.1. The van der Waals surface area contributed by atoms with Gasteiger partial charge in [-0.3, -0.25) is 4.79 Å². The Balaban J connectivity index is 1.47. The number of para-hydroxylation sites is 2. The Morgan fingerprint density at radius 2 is 1.55 bits per heavy atom. The van der Waals surface area contributed by atoms with E-state index in [4.69, 9.17) is 0 Å². The highest BCUT2D eigenvalue weighted by Gasteiger charge is 2.22. The minimum atomic E-state index is 0.0920. The highest BCUT2D eigenvalue weighted by Crippen LogP contribution is 2.12. The molecule has 1 aliphatic heterocycles. The van der Waals surface area contributed by atoms with E-state index in [1.165, 1.54) is 10.6 Å². The van der Waals surface area contributed by atoms with Crippen molar-refractivity contribution >= 4 is 17.3 Å². The second kappa shape index (κ2) is 7.09. The second-order valence-electron chi connectivity index (χ2n) is 5.66. The smallest absolute Gasteiger partial charge is 0.279 e. The Kier molecular flexibility index (Phi) is 4.71. The Morgan fingerprint density at radius 1 is 0.955 bits per heavy atom. The summed E-state index contributed by atoms with van der Waals surface area (Å²) in [4.78, 5) is 15.8. The summed E-state index contributed by atoms with van der Waals surface area (Å²) in [5.74, 6) is 0.0920. The Morgan fingerprint density at radius 3 is 2.18 bits per heavy atom. The molecule has 0 aromatic heterocycles. The zero-order valence-electron chi connectivity index (χ0n) is 12.7. The molecule has 1 saturated heterocycles. The molecule has 4 heteroatoms. The van der Waals surface area contributed by atoms with Gasteiger partial charge < -0.3 is 15.1 Å². The molecular formula is C18H22N3O+. The van der Waals surface area contributed by atoms with Crippen molar-refractivity contribution in [2.24, 2.45) is 0 Å². The van der Waals surface area contributed by atoms with Crippen molar-refractivity contribution in [2.45, 2.75) is 0 Å². The first kappa shape index (κ1) is 14.6. The number of rotatable bonds is 4. The van der Waals surface area contributed by atoms with Crippen molar-refractivity contribution < 1.29 is 9.69 Å². The average molecular weight is 296 g/mol. The Labute approximate surface area is 131 Å². The van der Waals surface area contributed by atoms with Gasteiger partial charge in [-0.25, -0.2) is 0 Å². The van der Waals surface area contributed by atoms with E-state index in [1.54, 1.807) is 0 Å². The number of quaternary nitrogens is 1. The molecule has 2 aromatic carbocycles. The zero-order valence-corrected chi connectivity index (χ0v) is 12.7. The van der Waals surface area contributed by atoms with Gasteiger partial charge in [-0.2, -0.15) is 0 Å². The number of nitrogens with one attached hydrogen (secondary N) is 2. The number of hydrogen-bond donors (Lipinski definition) is 2. The lowest BCUT2D eigenvalue weighted by Crippen LogP contribution is -3.15. The van der Waals surface area contributed by atoms with E-state index in [0.29, 0.717) is 6.54 Å². The van der Waals surface area contributed by atoms with Crippen molar-refractivity contribution in [2.75, 3.05) is 42.9 Å². The number of carbonyl (C=O) groups is 1. The van der Waals surface area contributed by atoms with Crippen LogP contribution in [-0.4, -0.2) is 38.6 Å². The number of carbonyl (C=O) groups excluding carboxylic acids is 1. The molecule has 1 heterocycles. The quantitative estimate of drug-likeness (QED) is 0.884. The lowest BCUT2D eigenvalue weighted by Gasteiger charge is -2.33. The van der Waals surface area contributed by atoms with Crippen molar-refractivity contribution in [3.05, 3.63) is 60.7 Å². The van der Waals surface area contributed by atoms with Gasteiger partial charge in [0.2, 0.25) is 0 Å². The monoisotopic (exact) mass is 296 g/mol. The molecule has 0 aliphatic carbocycles. The van der Waals surface area contributed by atoms with Crippen LogP contribution in [-0.2, 0) is 4.79 Å². The largest absolute Gasteiger partial charge is 0.360 e. The van der Waals surface area contributed by atoms with Crippen LogP contribution in [0.4, 0.5) is 11.4 Å². The molecule has 1 fully saturated rings. The SMILES string of the molecule is O=C(C[NH+]1CCN(c2ccccc2)CC1)Nc1ccccc1. The predicted octanol–water partition coefficient (Wildman–Crippen LogP) is 1.03. The van der Waals surface area contributed by atoms with Gasteiger partial charge in [-0.05, 0) is 24.3 Å². The van der Waals surface area contributed by atoms with E-state index in [-0.39, 0.29) is 5.91 Å². The Hall–Kier alpha value is -2.33. The lowest BCUT2D eigenvalue weighted by atomic mass is 10.2. The predicted molar refractivity (Wildman–Crippen MR) is 89.3 cm³/mol. The van der Waals surface area contributed by atoms with Crippen LogP contribution in [0.5, 0.6) is 0 Å². The summed E-state index contributed by atoms with van der Waals surface area (Å²) in [6.07, 6.45) is 0. The topological polar surface area (TPSA) is 36.8 Å². The fraction of sp³-hybridized carbons (Fsp3) is 0.278. The summed E-state index contributed by atoms with van der Waals surface area (Å²) < 4.78 is 0. The maximum Gasteiger partial charge on any atom is 0.279 e. The highest BCUT2D eigenvalue weighted by molar-refractivity contribution is 5.91. The molecule has 1 amide bonds. The summed E-state index contributed by atoms with van der Waals surface area (Å²) in [6, 6.07) is 20.1. The molecule has 0 unspecified atom stereocenters. The van der Waals surface area contributed by atoms with Gasteiger partial charge in [0.1, 0.15) is 0 Å². The zero-order chi connectivity index (χ0) is 15.2. The van der Waals surface area contributed by atoms with Crippen LogP contribution in [0.2, 0.25) is 0 Å². The van der Waals surface area contributed by atoms with Gasteiger partial charge in [0.15, 0.2) is 6.54 Å². The van der Waals surface area contributed by atoms with E-state index < -0.39 is 0 Å². The van der Waals surface area contributed by atoms with E-state index in [0.717, 1.165) is 31.9 Å². The molecule has 0 saturated carbocycles. The van der Waals surface area contributed by atoms with Crippen LogP contribution in [0.15, 0.2) is 60.7 Å². The first-order chi connectivity index (χ1) is 10.8. The van der Waals surface area contributed by atoms with Gasteiger partial charge in [0.25, 0.3) is 5.91 Å². The summed E-state index contributed by atoms with van der Waals surface area (Å²) in [6.45, 7) is 4.53. The molecule has 0 atom stereocenters. The number of amides is 1. The van der Waals surface area contributed by atoms with Crippen molar-refractivity contribution in [1.82, 2.24) is 0 Å². The molecule has 0 spiro atoms. The van der Waals surface area contributed by atoms with E-state index in [2.05, 4.69) is 34.5 Å². The van der Waals surface area contributed by atoms with E-state index in [9.17, 15) is 4.79 Å². The minimum Gasteiger partial charge on any atom is -0.360 e. The van der Waals surface area contributed by atoms with Crippen molar-refractivity contribution in [1.29, 1.82) is 0 Å². The first-order valence-electron chi connectivity index (χ1n) is 7.80. The molecule has 4 nitrogen and oxygen atoms in total. The van der Waals surface area contributed by atoms with E-state index in [1.807, 2.05) is 36.4 Å². The van der Waals surface area contributed by atoms with Gasteiger partial charge in [-0.1, -0.05) is 36.4 Å². The summed E-state index contributed by atoms with van der Waals surface area (Å²) in [5, 5.41) is 2.96. The summed E-state index contributed by atoms with van der Waals surface area (Å²) >= 11 is 0. The molecular weight excluding hydrogens is 274 g/mol. The third kappa shape index (κ3) is 3.86. The molecule has 0 radical (unpaired) electrons. The van der Waals surface area contributed by atoms with Gasteiger partial charge >= 0.3 is 0 Å². The van der Waals surface area contributed by atoms with E-state index >= 15 is 0 Å². The summed E-state index contributed by atoms with van der Waals surface area (Å²) in [5.41, 5.74) is 2.14. The van der Waals surface area contributed by atoms with Crippen molar-refractivity contribution in [3.63, 3.8) is 0 Å². The second-order valence-corrected chi connectivity index (χ2v) is 5.66. The van der Waals surface area contributed by atoms with Gasteiger partial charge in [0.05, 0.1) is 26.2 Å². The molecule has 3 rings (SSSR count). The number of benzene rings is 2. The van der Waals surface area contributed by atoms with Crippen LogP contribution in [0.3, 0.4) is 0 Å². The van der Waals surface area contributed by atoms with Crippen LogP contribution < -0.4 is 15.1 Å². The molecule has 1 aliphatic rings. The number of nitrogens with zero attached hydrogens (tertiary/aromatic N) is 1. The fourth-order valence-electron chi connectivity index (χ4n) is 2.85. The molecule has 2 aromatic rings. The maximum atomic E-state index is 12.1. The molecule has 2 N–H and O–H groups in total. The van der Waals surface area contributed by atoms with Gasteiger partial charge in [0, 0.05) is 11.4 Å². The normalized spacial score (nSPS) is 15.5. The third-order valence-corrected chi connectivity index (χ3v) is 4.06. The fourth-order valence-corrected chi connectivity index (χ4v) is 2.85. The number of anilines is 2. The number of hydrogen-bond acceptors (Lipinski definition) is 2. The van der Waals surface area contributed by atoms with Crippen molar-refractivity contribution in [3.8, 4) is 0 Å². The highest BCUT2D eigenvalue weighted by atomic mass is 16.2. The van der Waals surface area contributed by atoms with Crippen LogP contribution >= 0.6 is 0 Å². The molecule has 0 bridgehead atoms. The lowest BCUT2D eigenvalue weighted by molar-refractivity contribution is -0.892.